The summed E-state index contributed by atoms with van der Waals surface area (Å²) in [5.74, 6) is 0.329. The van der Waals surface area contributed by atoms with Gasteiger partial charge in [-0.2, -0.15) is 0 Å². The number of ether oxygens (including phenoxy) is 1. The molecule has 0 unspecified atom stereocenters. The zero-order valence-electron chi connectivity index (χ0n) is 12.3. The van der Waals surface area contributed by atoms with Gasteiger partial charge in [-0.25, -0.2) is 8.42 Å². The monoisotopic (exact) mass is 313 g/mol. The van der Waals surface area contributed by atoms with Crippen LogP contribution in [0.25, 0.3) is 10.9 Å². The SMILES string of the molecule is COc1ccccc1S(=O)(=O)c1cc2ccccc2nc1C. The molecule has 0 atom stereocenters. The number of sulfone groups is 1. The van der Waals surface area contributed by atoms with E-state index in [1.807, 2.05) is 24.3 Å². The van der Waals surface area contributed by atoms with Crippen LogP contribution in [0.3, 0.4) is 0 Å². The van der Waals surface area contributed by atoms with E-state index >= 15 is 0 Å². The summed E-state index contributed by atoms with van der Waals surface area (Å²) in [4.78, 5) is 4.76. The highest BCUT2D eigenvalue weighted by Crippen LogP contribution is 2.31. The van der Waals surface area contributed by atoms with Gasteiger partial charge in [0.2, 0.25) is 9.84 Å². The lowest BCUT2D eigenvalue weighted by molar-refractivity contribution is 0.402. The van der Waals surface area contributed by atoms with Crippen molar-refractivity contribution in [1.29, 1.82) is 0 Å². The van der Waals surface area contributed by atoms with E-state index in [2.05, 4.69) is 4.98 Å². The molecule has 0 fully saturated rings. The number of hydrogen-bond acceptors (Lipinski definition) is 4. The van der Waals surface area contributed by atoms with E-state index < -0.39 is 9.84 Å². The molecule has 2 aromatic carbocycles. The first-order valence-corrected chi connectivity index (χ1v) is 8.27. The van der Waals surface area contributed by atoms with Gasteiger partial charge in [-0.15, -0.1) is 0 Å². The fourth-order valence-electron chi connectivity index (χ4n) is 2.42. The van der Waals surface area contributed by atoms with Crippen molar-refractivity contribution < 1.29 is 13.2 Å². The second-order valence-corrected chi connectivity index (χ2v) is 6.81. The fraction of sp³-hybridized carbons (Fsp3) is 0.118. The zero-order valence-corrected chi connectivity index (χ0v) is 13.1. The van der Waals surface area contributed by atoms with Crippen LogP contribution in [-0.4, -0.2) is 20.5 Å². The van der Waals surface area contributed by atoms with Crippen molar-refractivity contribution in [2.24, 2.45) is 0 Å². The lowest BCUT2D eigenvalue weighted by Crippen LogP contribution is -2.07. The Kier molecular flexibility index (Phi) is 3.58. The van der Waals surface area contributed by atoms with Gasteiger partial charge in [0.25, 0.3) is 0 Å². The number of rotatable bonds is 3. The fourth-order valence-corrected chi connectivity index (χ4v) is 4.05. The summed E-state index contributed by atoms with van der Waals surface area (Å²) in [6.45, 7) is 1.70. The van der Waals surface area contributed by atoms with Crippen LogP contribution in [0, 0.1) is 6.92 Å². The lowest BCUT2D eigenvalue weighted by Gasteiger charge is -2.12. The minimum absolute atomic E-state index is 0.151. The first-order chi connectivity index (χ1) is 10.5. The van der Waals surface area contributed by atoms with E-state index in [0.717, 1.165) is 10.9 Å². The summed E-state index contributed by atoms with van der Waals surface area (Å²) in [7, 11) is -2.23. The van der Waals surface area contributed by atoms with Crippen LogP contribution >= 0.6 is 0 Å². The molecule has 0 spiro atoms. The molecular formula is C17H15NO3S. The number of aromatic nitrogens is 1. The normalized spacial score (nSPS) is 11.5. The van der Waals surface area contributed by atoms with E-state index in [4.69, 9.17) is 4.74 Å². The molecule has 3 aromatic rings. The van der Waals surface area contributed by atoms with E-state index in [9.17, 15) is 8.42 Å². The Balaban J connectivity index is 2.27. The van der Waals surface area contributed by atoms with Gasteiger partial charge in [-0.05, 0) is 31.2 Å². The van der Waals surface area contributed by atoms with Crippen molar-refractivity contribution in [3.63, 3.8) is 0 Å². The second kappa shape index (κ2) is 5.42. The third kappa shape index (κ3) is 2.33. The molecule has 0 aliphatic rings. The van der Waals surface area contributed by atoms with Crippen LogP contribution in [-0.2, 0) is 9.84 Å². The quantitative estimate of drug-likeness (QED) is 0.744. The van der Waals surface area contributed by atoms with Crippen molar-refractivity contribution in [1.82, 2.24) is 4.98 Å². The van der Waals surface area contributed by atoms with Crippen LogP contribution in [0.1, 0.15) is 5.69 Å². The number of para-hydroxylation sites is 2. The third-order valence-electron chi connectivity index (χ3n) is 3.52. The molecule has 0 N–H and O–H groups in total. The van der Waals surface area contributed by atoms with Crippen molar-refractivity contribution in [3.05, 3.63) is 60.3 Å². The first kappa shape index (κ1) is 14.5. The molecule has 3 rings (SSSR count). The maximum Gasteiger partial charge on any atom is 0.212 e. The van der Waals surface area contributed by atoms with Gasteiger partial charge in [0, 0.05) is 5.39 Å². The minimum Gasteiger partial charge on any atom is -0.495 e. The number of aryl methyl sites for hydroxylation is 1. The number of benzene rings is 2. The molecule has 0 aliphatic heterocycles. The predicted octanol–water partition coefficient (Wildman–Crippen LogP) is 3.38. The Morgan fingerprint density at radius 1 is 0.955 bits per heavy atom. The Labute approximate surface area is 129 Å². The third-order valence-corrected chi connectivity index (χ3v) is 5.42. The summed E-state index contributed by atoms with van der Waals surface area (Å²) in [6.07, 6.45) is 0. The second-order valence-electron chi connectivity index (χ2n) is 4.92. The van der Waals surface area contributed by atoms with E-state index in [0.29, 0.717) is 11.4 Å². The largest absolute Gasteiger partial charge is 0.495 e. The molecule has 5 heteroatoms. The Morgan fingerprint density at radius 3 is 2.41 bits per heavy atom. The van der Waals surface area contributed by atoms with Crippen LogP contribution in [0.15, 0.2) is 64.4 Å². The molecule has 0 aliphatic carbocycles. The van der Waals surface area contributed by atoms with Crippen LogP contribution in [0.5, 0.6) is 5.75 Å². The Bertz CT molecular complexity index is 949. The summed E-state index contributed by atoms with van der Waals surface area (Å²) in [6, 6.07) is 15.7. The summed E-state index contributed by atoms with van der Waals surface area (Å²) >= 11 is 0. The average molecular weight is 313 g/mol. The number of methoxy groups -OCH3 is 1. The standard InChI is InChI=1S/C17H15NO3S/c1-12-17(11-13-7-3-4-8-14(13)18-12)22(19,20)16-10-6-5-9-15(16)21-2/h3-11H,1-2H3. The van der Waals surface area contributed by atoms with Gasteiger partial charge in [-0.1, -0.05) is 30.3 Å². The molecule has 0 amide bonds. The Hall–Kier alpha value is -2.40. The Morgan fingerprint density at radius 2 is 1.64 bits per heavy atom. The smallest absolute Gasteiger partial charge is 0.212 e. The van der Waals surface area contributed by atoms with Gasteiger partial charge in [0.1, 0.15) is 10.6 Å². The molecule has 0 saturated carbocycles. The van der Waals surface area contributed by atoms with Crippen LogP contribution < -0.4 is 4.74 Å². The van der Waals surface area contributed by atoms with E-state index in [1.54, 1.807) is 37.3 Å². The van der Waals surface area contributed by atoms with Crippen molar-refractivity contribution in [2.75, 3.05) is 7.11 Å². The van der Waals surface area contributed by atoms with Gasteiger partial charge < -0.3 is 4.74 Å². The molecule has 0 bridgehead atoms. The highest BCUT2D eigenvalue weighted by molar-refractivity contribution is 7.91. The topological polar surface area (TPSA) is 56.3 Å². The molecule has 112 valence electrons. The van der Waals surface area contributed by atoms with E-state index in [1.165, 1.54) is 7.11 Å². The molecule has 0 radical (unpaired) electrons. The average Bonchev–Trinajstić information content (AvgIpc) is 2.54. The van der Waals surface area contributed by atoms with Crippen molar-refractivity contribution in [2.45, 2.75) is 16.7 Å². The van der Waals surface area contributed by atoms with Gasteiger partial charge in [0.15, 0.2) is 0 Å². The maximum absolute atomic E-state index is 13.0. The predicted molar refractivity (Wildman–Crippen MR) is 84.9 cm³/mol. The first-order valence-electron chi connectivity index (χ1n) is 6.78. The van der Waals surface area contributed by atoms with Gasteiger partial charge in [0.05, 0.1) is 23.2 Å². The molecular weight excluding hydrogens is 298 g/mol. The molecule has 1 aromatic heterocycles. The highest BCUT2D eigenvalue weighted by atomic mass is 32.2. The van der Waals surface area contributed by atoms with Crippen molar-refractivity contribution in [3.8, 4) is 5.75 Å². The van der Waals surface area contributed by atoms with Crippen LogP contribution in [0.4, 0.5) is 0 Å². The number of fused-ring (bicyclic) bond motifs is 1. The zero-order chi connectivity index (χ0) is 15.7. The number of hydrogen-bond donors (Lipinski definition) is 0. The highest BCUT2D eigenvalue weighted by Gasteiger charge is 2.24. The summed E-state index contributed by atoms with van der Waals surface area (Å²) < 4.78 is 31.1. The van der Waals surface area contributed by atoms with Gasteiger partial charge in [-0.3, -0.25) is 4.98 Å². The summed E-state index contributed by atoms with van der Waals surface area (Å²) in [5, 5.41) is 0.793. The number of pyridine rings is 1. The van der Waals surface area contributed by atoms with Gasteiger partial charge >= 0.3 is 0 Å². The molecule has 0 saturated heterocycles. The van der Waals surface area contributed by atoms with Crippen molar-refractivity contribution >= 4 is 20.7 Å². The summed E-state index contributed by atoms with van der Waals surface area (Å²) in [5.41, 5.74) is 1.25. The molecule has 4 nitrogen and oxygen atoms in total. The lowest BCUT2D eigenvalue weighted by atomic mass is 10.2. The maximum atomic E-state index is 13.0. The molecule has 1 heterocycles. The number of nitrogens with zero attached hydrogens (tertiary/aromatic N) is 1. The molecule has 22 heavy (non-hydrogen) atoms. The minimum atomic E-state index is -3.69. The van der Waals surface area contributed by atoms with E-state index in [-0.39, 0.29) is 9.79 Å². The van der Waals surface area contributed by atoms with Crippen LogP contribution in [0.2, 0.25) is 0 Å².